The normalized spacial score (nSPS) is 21.3. The molecule has 4 rings (SSSR count). The molecular weight excluding hydrogens is 454 g/mol. The Morgan fingerprint density at radius 1 is 1.21 bits per heavy atom. The Morgan fingerprint density at radius 3 is 2.61 bits per heavy atom. The number of nitrogens with one attached hydrogen (secondary N) is 1. The van der Waals surface area contributed by atoms with Crippen LogP contribution in [-0.4, -0.2) is 29.5 Å². The van der Waals surface area contributed by atoms with Gasteiger partial charge in [0.1, 0.15) is 5.57 Å². The molecule has 0 aromatic heterocycles. The zero-order valence-corrected chi connectivity index (χ0v) is 21.1. The molecule has 0 bridgehead atoms. The third-order valence-corrected chi connectivity index (χ3v) is 7.38. The first-order chi connectivity index (χ1) is 15.5. The number of hydrogen-bond donors (Lipinski definition) is 1. The number of anilines is 2. The highest BCUT2D eigenvalue weighted by atomic mass is 35.5. The number of halogens is 1. The summed E-state index contributed by atoms with van der Waals surface area (Å²) < 4.78 is 0. The summed E-state index contributed by atoms with van der Waals surface area (Å²) in [5, 5.41) is 3.24. The van der Waals surface area contributed by atoms with Gasteiger partial charge in [0.25, 0.3) is 11.8 Å². The van der Waals surface area contributed by atoms with Gasteiger partial charge in [-0.15, -0.1) is 0 Å². The van der Waals surface area contributed by atoms with Crippen LogP contribution in [0.15, 0.2) is 42.0 Å². The molecule has 2 aliphatic heterocycles. The number of nitrogens with zero attached hydrogens (tertiary/aromatic N) is 2. The minimum atomic E-state index is -0.518. The van der Waals surface area contributed by atoms with Crippen molar-refractivity contribution in [1.29, 1.82) is 0 Å². The average Bonchev–Trinajstić information content (AvgIpc) is 2.75. The molecule has 0 aliphatic carbocycles. The van der Waals surface area contributed by atoms with Crippen LogP contribution >= 0.6 is 23.8 Å². The molecule has 5 nitrogen and oxygen atoms in total. The molecule has 1 fully saturated rings. The van der Waals surface area contributed by atoms with Gasteiger partial charge in [-0.25, -0.2) is 0 Å². The van der Waals surface area contributed by atoms with Crippen LogP contribution in [0.25, 0.3) is 6.08 Å². The molecule has 0 saturated carbocycles. The number of amides is 2. The van der Waals surface area contributed by atoms with Crippen LogP contribution < -0.4 is 15.1 Å². The van der Waals surface area contributed by atoms with Crippen molar-refractivity contribution in [2.45, 2.75) is 52.0 Å². The predicted molar refractivity (Wildman–Crippen MR) is 139 cm³/mol. The van der Waals surface area contributed by atoms with Crippen LogP contribution in [0.5, 0.6) is 0 Å². The van der Waals surface area contributed by atoms with Gasteiger partial charge in [0.05, 0.1) is 5.69 Å². The number of para-hydroxylation sites is 1. The highest BCUT2D eigenvalue weighted by Gasteiger charge is 2.37. The second-order valence-electron chi connectivity index (χ2n) is 9.35. The summed E-state index contributed by atoms with van der Waals surface area (Å²) in [5.41, 5.74) is 4.53. The zero-order valence-electron chi connectivity index (χ0n) is 19.5. The van der Waals surface area contributed by atoms with Crippen LogP contribution in [0.2, 0.25) is 5.02 Å². The first-order valence-corrected chi connectivity index (χ1v) is 11.9. The number of hydrogen-bond acceptors (Lipinski definition) is 4. The summed E-state index contributed by atoms with van der Waals surface area (Å²) in [6, 6.07) is 11.5. The molecule has 7 heteroatoms. The molecule has 1 atom stereocenters. The fourth-order valence-electron chi connectivity index (χ4n) is 4.77. The van der Waals surface area contributed by atoms with E-state index in [0.29, 0.717) is 22.2 Å². The lowest BCUT2D eigenvalue weighted by atomic mass is 9.80. The number of benzene rings is 2. The van der Waals surface area contributed by atoms with E-state index >= 15 is 0 Å². The predicted octanol–water partition coefficient (Wildman–Crippen LogP) is 5.46. The van der Waals surface area contributed by atoms with Crippen LogP contribution in [0, 0.1) is 0 Å². The molecule has 2 amide bonds. The van der Waals surface area contributed by atoms with Gasteiger partial charge >= 0.3 is 0 Å². The lowest BCUT2D eigenvalue weighted by molar-refractivity contribution is -0.122. The molecule has 1 saturated heterocycles. The molecule has 1 unspecified atom stereocenters. The Balaban J connectivity index is 1.79. The van der Waals surface area contributed by atoms with Gasteiger partial charge in [0, 0.05) is 23.3 Å². The first kappa shape index (κ1) is 23.5. The maximum absolute atomic E-state index is 13.5. The van der Waals surface area contributed by atoms with Crippen LogP contribution in [-0.2, 0) is 16.0 Å². The van der Waals surface area contributed by atoms with Crippen LogP contribution in [0.1, 0.15) is 56.7 Å². The molecule has 172 valence electrons. The van der Waals surface area contributed by atoms with Crippen molar-refractivity contribution in [2.24, 2.45) is 0 Å². The van der Waals surface area contributed by atoms with E-state index in [1.54, 1.807) is 6.08 Å². The lowest BCUT2D eigenvalue weighted by Gasteiger charge is -2.45. The maximum atomic E-state index is 13.5. The van der Waals surface area contributed by atoms with Crippen molar-refractivity contribution in [1.82, 2.24) is 5.32 Å². The summed E-state index contributed by atoms with van der Waals surface area (Å²) in [7, 11) is 2.07. The van der Waals surface area contributed by atoms with E-state index in [1.807, 2.05) is 43.3 Å². The number of rotatable bonds is 3. The molecule has 2 aromatic rings. The molecule has 0 radical (unpaired) electrons. The van der Waals surface area contributed by atoms with E-state index in [2.05, 4.69) is 38.0 Å². The summed E-state index contributed by atoms with van der Waals surface area (Å²) in [5.74, 6) is -0.655. The smallest absolute Gasteiger partial charge is 0.270 e. The van der Waals surface area contributed by atoms with E-state index in [0.717, 1.165) is 29.7 Å². The monoisotopic (exact) mass is 481 g/mol. The highest BCUT2D eigenvalue weighted by molar-refractivity contribution is 7.80. The van der Waals surface area contributed by atoms with E-state index in [-0.39, 0.29) is 16.2 Å². The van der Waals surface area contributed by atoms with Gasteiger partial charge in [-0.05, 0) is 85.8 Å². The SMILES string of the molecule is CCc1ccccc1N1C(=O)/C(=C/c2cc3c(cc2Cl)N(C)C(C)(C)CC3C)C(=O)NC1=S. The van der Waals surface area contributed by atoms with Crippen molar-refractivity contribution >= 4 is 58.2 Å². The fourth-order valence-corrected chi connectivity index (χ4v) is 5.26. The number of fused-ring (bicyclic) bond motifs is 1. The van der Waals surface area contributed by atoms with Crippen molar-refractivity contribution in [3.05, 3.63) is 63.7 Å². The van der Waals surface area contributed by atoms with Gasteiger partial charge in [0.15, 0.2) is 5.11 Å². The fraction of sp³-hybridized carbons (Fsp3) is 0.346. The third kappa shape index (κ3) is 4.06. The zero-order chi connectivity index (χ0) is 24.1. The largest absolute Gasteiger partial charge is 0.369 e. The van der Waals surface area contributed by atoms with Crippen molar-refractivity contribution in [3.8, 4) is 0 Å². The van der Waals surface area contributed by atoms with Gasteiger partial charge in [0.2, 0.25) is 0 Å². The minimum absolute atomic E-state index is 0.00787. The Hall–Kier alpha value is -2.70. The Morgan fingerprint density at radius 2 is 1.91 bits per heavy atom. The molecule has 33 heavy (non-hydrogen) atoms. The Kier molecular flexibility index (Phi) is 6.10. The third-order valence-electron chi connectivity index (χ3n) is 6.77. The minimum Gasteiger partial charge on any atom is -0.369 e. The van der Waals surface area contributed by atoms with Crippen molar-refractivity contribution in [2.75, 3.05) is 16.8 Å². The number of aryl methyl sites for hydroxylation is 1. The topological polar surface area (TPSA) is 52.7 Å². The van der Waals surface area contributed by atoms with Gasteiger partial charge < -0.3 is 4.90 Å². The van der Waals surface area contributed by atoms with Crippen LogP contribution in [0.3, 0.4) is 0 Å². The van der Waals surface area contributed by atoms with Gasteiger partial charge in [-0.2, -0.15) is 0 Å². The summed E-state index contributed by atoms with van der Waals surface area (Å²) >= 11 is 12.0. The summed E-state index contributed by atoms with van der Waals surface area (Å²) in [6.07, 6.45) is 3.30. The molecule has 2 heterocycles. The second kappa shape index (κ2) is 8.58. The van der Waals surface area contributed by atoms with Gasteiger partial charge in [-0.1, -0.05) is 43.6 Å². The van der Waals surface area contributed by atoms with E-state index in [1.165, 1.54) is 4.90 Å². The van der Waals surface area contributed by atoms with E-state index in [4.69, 9.17) is 23.8 Å². The van der Waals surface area contributed by atoms with Crippen LogP contribution in [0.4, 0.5) is 11.4 Å². The molecule has 2 aliphatic rings. The van der Waals surface area contributed by atoms with Gasteiger partial charge in [-0.3, -0.25) is 19.8 Å². The molecule has 1 N–H and O–H groups in total. The number of thiocarbonyl (C=S) groups is 1. The summed E-state index contributed by atoms with van der Waals surface area (Å²) in [6.45, 7) is 8.64. The first-order valence-electron chi connectivity index (χ1n) is 11.1. The maximum Gasteiger partial charge on any atom is 0.270 e. The molecular formula is C26H28ClN3O2S. The van der Waals surface area contributed by atoms with E-state index < -0.39 is 11.8 Å². The quantitative estimate of drug-likeness (QED) is 0.359. The standard InChI is InChI=1S/C26H28ClN3O2S/c1-6-16-9-7-8-10-21(16)30-24(32)19(23(31)28-25(30)33)12-17-11-18-15(2)14-26(3,4)29(5)22(18)13-20(17)27/h7-13,15H,6,14H2,1-5H3,(H,28,31,33)/b19-12+. The molecule has 2 aromatic carbocycles. The Bertz CT molecular complexity index is 1200. The highest BCUT2D eigenvalue weighted by Crippen LogP contribution is 2.44. The number of carbonyl (C=O) groups excluding carboxylic acids is 2. The van der Waals surface area contributed by atoms with Crippen molar-refractivity contribution in [3.63, 3.8) is 0 Å². The molecule has 0 spiro atoms. The van der Waals surface area contributed by atoms with Crippen molar-refractivity contribution < 1.29 is 9.59 Å². The Labute approximate surface area is 205 Å². The summed E-state index contributed by atoms with van der Waals surface area (Å²) in [4.78, 5) is 29.9. The van der Waals surface area contributed by atoms with E-state index in [9.17, 15) is 9.59 Å². The lowest BCUT2D eigenvalue weighted by Crippen LogP contribution is -2.54. The number of carbonyl (C=O) groups is 2. The average molecular weight is 482 g/mol. The second-order valence-corrected chi connectivity index (χ2v) is 10.1.